The number of nitrogens with one attached hydrogen (secondary N) is 1. The first kappa shape index (κ1) is 21.9. The van der Waals surface area contributed by atoms with Crippen LogP contribution in [0.1, 0.15) is 20.8 Å². The molecule has 0 saturated heterocycles. The van der Waals surface area contributed by atoms with Gasteiger partial charge in [0.1, 0.15) is 0 Å². The van der Waals surface area contributed by atoms with Crippen molar-refractivity contribution in [2.45, 2.75) is 20.8 Å². The predicted octanol–water partition coefficient (Wildman–Crippen LogP) is 3.45. The molecular formula is C15H24N2O2. The number of hydrogen-bond donors (Lipinski definition) is 3. The Kier molecular flexibility index (Phi) is 18.0. The van der Waals surface area contributed by atoms with E-state index in [1.165, 1.54) is 6.92 Å². The van der Waals surface area contributed by atoms with E-state index in [4.69, 9.17) is 21.0 Å². The maximum Gasteiger partial charge on any atom is 0.300 e. The molecule has 4 N–H and O–H groups in total. The molecule has 0 bridgehead atoms. The summed E-state index contributed by atoms with van der Waals surface area (Å²) in [5, 5.41) is 13.7. The van der Waals surface area contributed by atoms with Gasteiger partial charge in [-0.05, 0) is 25.0 Å². The van der Waals surface area contributed by atoms with Crippen molar-refractivity contribution < 1.29 is 9.90 Å². The molecule has 0 aliphatic carbocycles. The van der Waals surface area contributed by atoms with Crippen LogP contribution in [0.25, 0.3) is 0 Å². The molecule has 0 saturated carbocycles. The van der Waals surface area contributed by atoms with Gasteiger partial charge in [-0.2, -0.15) is 0 Å². The average Bonchev–Trinajstić information content (AvgIpc) is 2.27. The Morgan fingerprint density at radius 1 is 1.16 bits per heavy atom. The van der Waals surface area contributed by atoms with Gasteiger partial charge in [-0.3, -0.25) is 10.2 Å². The minimum Gasteiger partial charge on any atom is -0.481 e. The molecule has 0 fully saturated rings. The molecule has 4 nitrogen and oxygen atoms in total. The van der Waals surface area contributed by atoms with Crippen LogP contribution in [-0.4, -0.2) is 16.9 Å². The summed E-state index contributed by atoms with van der Waals surface area (Å²) >= 11 is 0. The lowest BCUT2D eigenvalue weighted by Crippen LogP contribution is -2.00. The largest absolute Gasteiger partial charge is 0.481 e. The topological polar surface area (TPSA) is 87.2 Å². The number of allylic oxidation sites excluding steroid dienone is 7. The summed E-state index contributed by atoms with van der Waals surface area (Å²) in [5.41, 5.74) is 6.83. The van der Waals surface area contributed by atoms with Crippen molar-refractivity contribution in [3.05, 3.63) is 61.3 Å². The van der Waals surface area contributed by atoms with E-state index in [-0.39, 0.29) is 5.84 Å². The smallest absolute Gasteiger partial charge is 0.300 e. The standard InChI is InChI=1S/C11H14.C2H6N2.C2H4O2/c1-5-9-11(8-4)10(6-2)7-3;2*1-2(3)4/h5-9H,1-2,4H2,3H3;1H3,(H3,3,4);1H3,(H,3,4)/b10-7-,11-9-;;. The highest BCUT2D eigenvalue weighted by atomic mass is 16.4. The third-order valence-corrected chi connectivity index (χ3v) is 1.38. The number of nitrogens with two attached hydrogens (primary N) is 1. The van der Waals surface area contributed by atoms with E-state index in [1.807, 2.05) is 19.1 Å². The van der Waals surface area contributed by atoms with Gasteiger partial charge in [0.05, 0.1) is 5.84 Å². The summed E-state index contributed by atoms with van der Waals surface area (Å²) in [7, 11) is 0. The van der Waals surface area contributed by atoms with Crippen LogP contribution in [0, 0.1) is 5.41 Å². The summed E-state index contributed by atoms with van der Waals surface area (Å²) < 4.78 is 0. The summed E-state index contributed by atoms with van der Waals surface area (Å²) in [6.07, 6.45) is 9.23. The zero-order chi connectivity index (χ0) is 15.8. The van der Waals surface area contributed by atoms with Gasteiger partial charge < -0.3 is 10.8 Å². The van der Waals surface area contributed by atoms with Gasteiger partial charge in [0.25, 0.3) is 5.97 Å². The highest BCUT2D eigenvalue weighted by Gasteiger charge is 1.91. The first-order valence-corrected chi connectivity index (χ1v) is 5.51. The highest BCUT2D eigenvalue weighted by molar-refractivity contribution is 5.73. The molecule has 0 aliphatic rings. The monoisotopic (exact) mass is 264 g/mol. The molecule has 0 aromatic heterocycles. The lowest BCUT2D eigenvalue weighted by Gasteiger charge is -1.99. The van der Waals surface area contributed by atoms with Crippen LogP contribution in [0.4, 0.5) is 0 Å². The SMILES string of the molecule is C=C/C=C(C=C)\C(C=C)=C/C.CC(=N)N.CC(=O)O. The third-order valence-electron chi connectivity index (χ3n) is 1.38. The minimum atomic E-state index is -0.833. The van der Waals surface area contributed by atoms with E-state index < -0.39 is 5.97 Å². The second kappa shape index (κ2) is 15.6. The highest BCUT2D eigenvalue weighted by Crippen LogP contribution is 2.11. The molecule has 0 aromatic carbocycles. The summed E-state index contributed by atoms with van der Waals surface area (Å²) in [6.45, 7) is 15.6. The number of carboxylic acids is 1. The van der Waals surface area contributed by atoms with Gasteiger partial charge in [0, 0.05) is 6.92 Å². The van der Waals surface area contributed by atoms with Gasteiger partial charge in [0.15, 0.2) is 0 Å². The van der Waals surface area contributed by atoms with Gasteiger partial charge in [-0.1, -0.05) is 50.1 Å². The molecule has 106 valence electrons. The molecule has 0 rings (SSSR count). The Balaban J connectivity index is -0.000000264. The Morgan fingerprint density at radius 2 is 1.47 bits per heavy atom. The maximum atomic E-state index is 9.00. The number of rotatable bonds is 4. The number of carbonyl (C=O) groups is 1. The van der Waals surface area contributed by atoms with Crippen LogP contribution < -0.4 is 5.73 Å². The number of hydrogen-bond acceptors (Lipinski definition) is 2. The minimum absolute atomic E-state index is 0.167. The second-order valence-corrected chi connectivity index (χ2v) is 3.21. The van der Waals surface area contributed by atoms with Crippen LogP contribution in [0.3, 0.4) is 0 Å². The predicted molar refractivity (Wildman–Crippen MR) is 83.3 cm³/mol. The molecule has 0 heterocycles. The molecule has 0 atom stereocenters. The van der Waals surface area contributed by atoms with Crippen LogP contribution in [0.5, 0.6) is 0 Å². The van der Waals surface area contributed by atoms with Gasteiger partial charge >= 0.3 is 0 Å². The first-order chi connectivity index (χ1) is 8.76. The fourth-order valence-corrected chi connectivity index (χ4v) is 0.811. The lowest BCUT2D eigenvalue weighted by molar-refractivity contribution is -0.134. The number of carboxylic acid groups (broad SMARTS) is 1. The molecule has 19 heavy (non-hydrogen) atoms. The molecule has 0 aliphatic heterocycles. The van der Waals surface area contributed by atoms with Crippen LogP contribution >= 0.6 is 0 Å². The van der Waals surface area contributed by atoms with E-state index in [9.17, 15) is 0 Å². The molecule has 0 spiro atoms. The van der Waals surface area contributed by atoms with Crippen molar-refractivity contribution >= 4 is 11.8 Å². The Morgan fingerprint density at radius 3 is 1.63 bits per heavy atom. The van der Waals surface area contributed by atoms with Crippen molar-refractivity contribution in [1.29, 1.82) is 5.41 Å². The van der Waals surface area contributed by atoms with Gasteiger partial charge in [-0.25, -0.2) is 0 Å². The van der Waals surface area contributed by atoms with E-state index in [0.29, 0.717) is 0 Å². The fraction of sp³-hybridized carbons (Fsp3) is 0.200. The second-order valence-electron chi connectivity index (χ2n) is 3.21. The summed E-state index contributed by atoms with van der Waals surface area (Å²) in [6, 6.07) is 0. The summed E-state index contributed by atoms with van der Waals surface area (Å²) in [4.78, 5) is 9.00. The molecule has 4 heteroatoms. The molecule has 0 radical (unpaired) electrons. The van der Waals surface area contributed by atoms with E-state index >= 15 is 0 Å². The van der Waals surface area contributed by atoms with Gasteiger partial charge in [0.2, 0.25) is 0 Å². The van der Waals surface area contributed by atoms with E-state index in [1.54, 1.807) is 18.2 Å². The Hall–Kier alpha value is -2.36. The molecular weight excluding hydrogens is 240 g/mol. The van der Waals surface area contributed by atoms with Crippen LogP contribution in [0.15, 0.2) is 61.3 Å². The van der Waals surface area contributed by atoms with Crippen LogP contribution in [-0.2, 0) is 4.79 Å². The zero-order valence-corrected chi connectivity index (χ0v) is 11.9. The molecule has 0 amide bonds. The molecule has 0 unspecified atom stereocenters. The average molecular weight is 264 g/mol. The quantitative estimate of drug-likeness (QED) is 0.413. The summed E-state index contributed by atoms with van der Waals surface area (Å²) in [5.74, 6) is -0.667. The zero-order valence-electron chi connectivity index (χ0n) is 11.9. The number of aliphatic carboxylic acids is 1. The van der Waals surface area contributed by atoms with Crippen molar-refractivity contribution in [3.63, 3.8) is 0 Å². The fourth-order valence-electron chi connectivity index (χ4n) is 0.811. The molecule has 0 aromatic rings. The van der Waals surface area contributed by atoms with Crippen LogP contribution in [0.2, 0.25) is 0 Å². The van der Waals surface area contributed by atoms with Crippen molar-refractivity contribution in [2.24, 2.45) is 5.73 Å². The maximum absolute atomic E-state index is 9.00. The Bertz CT molecular complexity index is 358. The Labute approximate surface area is 115 Å². The van der Waals surface area contributed by atoms with Crippen molar-refractivity contribution in [2.75, 3.05) is 0 Å². The third kappa shape index (κ3) is 25.7. The van der Waals surface area contributed by atoms with E-state index in [2.05, 4.69) is 19.7 Å². The normalized spacial score (nSPS) is 9.84. The lowest BCUT2D eigenvalue weighted by atomic mass is 10.1. The van der Waals surface area contributed by atoms with E-state index in [0.717, 1.165) is 18.1 Å². The first-order valence-electron chi connectivity index (χ1n) is 5.51. The van der Waals surface area contributed by atoms with Crippen molar-refractivity contribution in [3.8, 4) is 0 Å². The van der Waals surface area contributed by atoms with Gasteiger partial charge in [-0.15, -0.1) is 0 Å². The van der Waals surface area contributed by atoms with Crippen molar-refractivity contribution in [1.82, 2.24) is 0 Å². The number of amidine groups is 1.